The van der Waals surface area contributed by atoms with Crippen molar-refractivity contribution in [3.63, 3.8) is 0 Å². The molecule has 0 fully saturated rings. The maximum Gasteiger partial charge on any atom is 0.0638 e. The zero-order valence-corrected chi connectivity index (χ0v) is 9.55. The number of nitriles is 1. The van der Waals surface area contributed by atoms with Crippen LogP contribution in [0.15, 0.2) is 17.5 Å². The van der Waals surface area contributed by atoms with Crippen molar-refractivity contribution in [3.8, 4) is 6.07 Å². The Bertz CT molecular complexity index is 287. The summed E-state index contributed by atoms with van der Waals surface area (Å²) in [5, 5.41) is 10.7. The second-order valence-electron chi connectivity index (χ2n) is 3.35. The van der Waals surface area contributed by atoms with Crippen LogP contribution in [0, 0.1) is 11.3 Å². The van der Waals surface area contributed by atoms with Gasteiger partial charge >= 0.3 is 0 Å². The zero-order valence-electron chi connectivity index (χ0n) is 8.73. The molecule has 0 saturated carbocycles. The maximum atomic E-state index is 8.63. The molecule has 0 bridgehead atoms. The van der Waals surface area contributed by atoms with Crippen LogP contribution in [-0.4, -0.2) is 17.5 Å². The van der Waals surface area contributed by atoms with Gasteiger partial charge in [-0.25, -0.2) is 0 Å². The molecule has 0 aliphatic rings. The fraction of sp³-hybridized carbons (Fsp3) is 0.545. The highest BCUT2D eigenvalue weighted by Crippen LogP contribution is 2.14. The lowest BCUT2D eigenvalue weighted by atomic mass is 10.2. The molecule has 1 aromatic heterocycles. The lowest BCUT2D eigenvalue weighted by molar-refractivity contribution is 0.215. The molecule has 0 spiro atoms. The first-order chi connectivity index (χ1) is 6.77. The molecule has 0 N–H and O–H groups in total. The topological polar surface area (TPSA) is 27.0 Å². The Morgan fingerprint density at radius 3 is 2.93 bits per heavy atom. The molecule has 0 aliphatic carbocycles. The molecule has 0 amide bonds. The second kappa shape index (κ2) is 5.79. The third-order valence-electron chi connectivity index (χ3n) is 2.36. The van der Waals surface area contributed by atoms with E-state index in [0.29, 0.717) is 12.5 Å². The van der Waals surface area contributed by atoms with Crippen LogP contribution in [0.2, 0.25) is 0 Å². The molecule has 0 aromatic carbocycles. The Hall–Kier alpha value is -0.850. The van der Waals surface area contributed by atoms with E-state index in [-0.39, 0.29) is 0 Å². The minimum absolute atomic E-state index is 0.354. The number of rotatable bonds is 5. The first-order valence-electron chi connectivity index (χ1n) is 4.91. The highest BCUT2D eigenvalue weighted by atomic mass is 32.1. The number of hydrogen-bond donors (Lipinski definition) is 0. The molecule has 1 atom stereocenters. The van der Waals surface area contributed by atoms with E-state index >= 15 is 0 Å². The Kier molecular flexibility index (Phi) is 4.64. The normalized spacial score (nSPS) is 12.7. The van der Waals surface area contributed by atoms with Gasteiger partial charge in [0.2, 0.25) is 0 Å². The van der Waals surface area contributed by atoms with Gasteiger partial charge in [0.1, 0.15) is 0 Å². The van der Waals surface area contributed by atoms with Crippen LogP contribution >= 0.6 is 11.3 Å². The first-order valence-corrected chi connectivity index (χ1v) is 5.79. The van der Waals surface area contributed by atoms with E-state index in [1.807, 2.05) is 0 Å². The SMILES string of the molecule is CCN(Cc1cccs1)C(C)CC#N. The molecule has 3 heteroatoms. The van der Waals surface area contributed by atoms with Gasteiger partial charge in [0.15, 0.2) is 0 Å². The van der Waals surface area contributed by atoms with Gasteiger partial charge in [-0.15, -0.1) is 11.3 Å². The largest absolute Gasteiger partial charge is 0.295 e. The summed E-state index contributed by atoms with van der Waals surface area (Å²) in [5.74, 6) is 0. The molecule has 1 rings (SSSR count). The molecule has 0 radical (unpaired) electrons. The van der Waals surface area contributed by atoms with Gasteiger partial charge in [-0.05, 0) is 24.9 Å². The van der Waals surface area contributed by atoms with Crippen molar-refractivity contribution in [3.05, 3.63) is 22.4 Å². The molecule has 1 aromatic rings. The van der Waals surface area contributed by atoms with E-state index in [9.17, 15) is 0 Å². The van der Waals surface area contributed by atoms with Crippen LogP contribution in [0.1, 0.15) is 25.1 Å². The molecule has 1 unspecified atom stereocenters. The van der Waals surface area contributed by atoms with Crippen molar-refractivity contribution < 1.29 is 0 Å². The van der Waals surface area contributed by atoms with Gasteiger partial charge in [0, 0.05) is 17.5 Å². The molecule has 14 heavy (non-hydrogen) atoms. The summed E-state index contributed by atoms with van der Waals surface area (Å²) < 4.78 is 0. The monoisotopic (exact) mass is 208 g/mol. The highest BCUT2D eigenvalue weighted by molar-refractivity contribution is 7.09. The van der Waals surface area contributed by atoms with Gasteiger partial charge in [0.25, 0.3) is 0 Å². The number of thiophene rings is 1. The van der Waals surface area contributed by atoms with Gasteiger partial charge in [-0.1, -0.05) is 13.0 Å². The molecular formula is C11H16N2S. The van der Waals surface area contributed by atoms with Crippen molar-refractivity contribution in [2.45, 2.75) is 32.9 Å². The average molecular weight is 208 g/mol. The molecular weight excluding hydrogens is 192 g/mol. The van der Waals surface area contributed by atoms with Crippen LogP contribution in [0.4, 0.5) is 0 Å². The first kappa shape index (κ1) is 11.2. The fourth-order valence-corrected chi connectivity index (χ4v) is 2.17. The van der Waals surface area contributed by atoms with Crippen LogP contribution in [-0.2, 0) is 6.54 Å². The summed E-state index contributed by atoms with van der Waals surface area (Å²) in [6.45, 7) is 6.22. The minimum Gasteiger partial charge on any atom is -0.295 e. The minimum atomic E-state index is 0.354. The van der Waals surface area contributed by atoms with E-state index in [1.165, 1.54) is 4.88 Å². The summed E-state index contributed by atoms with van der Waals surface area (Å²) in [6.07, 6.45) is 0.610. The third-order valence-corrected chi connectivity index (χ3v) is 3.22. The van der Waals surface area contributed by atoms with Crippen molar-refractivity contribution in [1.29, 1.82) is 5.26 Å². The van der Waals surface area contributed by atoms with Crippen LogP contribution < -0.4 is 0 Å². The summed E-state index contributed by atoms with van der Waals surface area (Å²) >= 11 is 1.78. The summed E-state index contributed by atoms with van der Waals surface area (Å²) in [4.78, 5) is 3.70. The predicted octanol–water partition coefficient (Wildman–Crippen LogP) is 2.87. The molecule has 0 saturated heterocycles. The molecule has 0 aliphatic heterocycles. The Labute approximate surface area is 89.8 Å². The smallest absolute Gasteiger partial charge is 0.0638 e. The lowest BCUT2D eigenvalue weighted by Crippen LogP contribution is -2.31. The molecule has 2 nitrogen and oxygen atoms in total. The maximum absolute atomic E-state index is 8.63. The van der Waals surface area contributed by atoms with E-state index in [0.717, 1.165) is 13.1 Å². The van der Waals surface area contributed by atoms with Gasteiger partial charge in [0.05, 0.1) is 12.5 Å². The fourth-order valence-electron chi connectivity index (χ4n) is 1.44. The molecule has 1 heterocycles. The van der Waals surface area contributed by atoms with Gasteiger partial charge in [-0.3, -0.25) is 4.90 Å². The standard InChI is InChI=1S/C11H16N2S/c1-3-13(10(2)6-7-12)9-11-5-4-8-14-11/h4-5,8,10H,3,6,9H2,1-2H3. The quantitative estimate of drug-likeness (QED) is 0.744. The Balaban J connectivity index is 2.51. The molecule has 76 valence electrons. The van der Waals surface area contributed by atoms with Crippen molar-refractivity contribution in [2.24, 2.45) is 0 Å². The average Bonchev–Trinajstić information content (AvgIpc) is 2.66. The van der Waals surface area contributed by atoms with E-state index in [1.54, 1.807) is 11.3 Å². The predicted molar refractivity (Wildman–Crippen MR) is 60.1 cm³/mol. The van der Waals surface area contributed by atoms with Crippen molar-refractivity contribution in [2.75, 3.05) is 6.54 Å². The zero-order chi connectivity index (χ0) is 10.4. The Morgan fingerprint density at radius 2 is 2.43 bits per heavy atom. The third kappa shape index (κ3) is 3.13. The van der Waals surface area contributed by atoms with Crippen LogP contribution in [0.5, 0.6) is 0 Å². The van der Waals surface area contributed by atoms with Crippen molar-refractivity contribution >= 4 is 11.3 Å². The summed E-state index contributed by atoms with van der Waals surface area (Å²) in [6, 6.07) is 6.79. The lowest BCUT2D eigenvalue weighted by Gasteiger charge is -2.25. The number of hydrogen-bond acceptors (Lipinski definition) is 3. The van der Waals surface area contributed by atoms with E-state index < -0.39 is 0 Å². The number of nitrogens with zero attached hydrogens (tertiary/aromatic N) is 2. The van der Waals surface area contributed by atoms with Gasteiger partial charge < -0.3 is 0 Å². The van der Waals surface area contributed by atoms with Crippen LogP contribution in [0.25, 0.3) is 0 Å². The van der Waals surface area contributed by atoms with Crippen LogP contribution in [0.3, 0.4) is 0 Å². The Morgan fingerprint density at radius 1 is 1.64 bits per heavy atom. The van der Waals surface area contributed by atoms with E-state index in [4.69, 9.17) is 5.26 Å². The summed E-state index contributed by atoms with van der Waals surface area (Å²) in [5.41, 5.74) is 0. The van der Waals surface area contributed by atoms with E-state index in [2.05, 4.69) is 42.3 Å². The van der Waals surface area contributed by atoms with Gasteiger partial charge in [-0.2, -0.15) is 5.26 Å². The second-order valence-corrected chi connectivity index (χ2v) is 4.39. The highest BCUT2D eigenvalue weighted by Gasteiger charge is 2.11. The summed E-state index contributed by atoms with van der Waals surface area (Å²) in [7, 11) is 0. The van der Waals surface area contributed by atoms with Crippen molar-refractivity contribution in [1.82, 2.24) is 4.90 Å².